The van der Waals surface area contributed by atoms with E-state index >= 15 is 0 Å². The van der Waals surface area contributed by atoms with Gasteiger partial charge in [-0.1, -0.05) is 36.0 Å². The fourth-order valence-corrected chi connectivity index (χ4v) is 6.00. The molecule has 0 unspecified atom stereocenters. The van der Waals surface area contributed by atoms with Gasteiger partial charge < -0.3 is 4.90 Å². The predicted octanol–water partition coefficient (Wildman–Crippen LogP) is 5.14. The number of carbonyl (C=O) groups excluding carboxylic acids is 1. The Morgan fingerprint density at radius 2 is 1.87 bits per heavy atom. The number of hydrogen-bond acceptors (Lipinski definition) is 6. The third-order valence-corrected chi connectivity index (χ3v) is 7.52. The van der Waals surface area contributed by atoms with Crippen LogP contribution in [0.4, 0.5) is 0 Å². The molecule has 3 heterocycles. The summed E-state index contributed by atoms with van der Waals surface area (Å²) in [6.45, 7) is 5.27. The molecule has 0 N–H and O–H groups in total. The van der Waals surface area contributed by atoms with Crippen LogP contribution >= 0.6 is 34.4 Å². The Hall–Kier alpha value is -2.42. The quantitative estimate of drug-likeness (QED) is 0.286. The van der Waals surface area contributed by atoms with Crippen LogP contribution < -0.4 is 5.56 Å². The largest absolute Gasteiger partial charge is 0.343 e. The first-order chi connectivity index (χ1) is 14.6. The Morgan fingerprint density at radius 1 is 1.10 bits per heavy atom. The molecule has 0 spiro atoms. The van der Waals surface area contributed by atoms with E-state index in [1.165, 1.54) is 23.1 Å². The SMILES string of the molecule is CCN(CC)C(=O)CSc1nc2scc(-c3cccs3)c2c(=O)n1-c1ccccc1. The van der Waals surface area contributed by atoms with E-state index in [4.69, 9.17) is 4.98 Å². The third kappa shape index (κ3) is 3.95. The highest BCUT2D eigenvalue weighted by atomic mass is 32.2. The molecule has 0 saturated heterocycles. The average Bonchev–Trinajstić information content (AvgIpc) is 3.43. The van der Waals surface area contributed by atoms with E-state index in [0.717, 1.165) is 16.1 Å². The molecule has 0 aliphatic heterocycles. The van der Waals surface area contributed by atoms with Gasteiger partial charge in [-0.2, -0.15) is 0 Å². The van der Waals surface area contributed by atoms with E-state index in [2.05, 4.69) is 0 Å². The van der Waals surface area contributed by atoms with Crippen LogP contribution in [0.25, 0.3) is 26.3 Å². The number of thioether (sulfide) groups is 1. The fraction of sp³-hybridized carbons (Fsp3) is 0.227. The maximum absolute atomic E-state index is 13.6. The Kier molecular flexibility index (Phi) is 6.36. The highest BCUT2D eigenvalue weighted by Crippen LogP contribution is 2.35. The smallest absolute Gasteiger partial charge is 0.268 e. The normalized spacial score (nSPS) is 11.1. The molecule has 1 amide bonds. The lowest BCUT2D eigenvalue weighted by atomic mass is 10.2. The van der Waals surface area contributed by atoms with Crippen LogP contribution in [0.3, 0.4) is 0 Å². The van der Waals surface area contributed by atoms with Gasteiger partial charge in [0, 0.05) is 28.9 Å². The number of hydrogen-bond donors (Lipinski definition) is 0. The van der Waals surface area contributed by atoms with Gasteiger partial charge in [0.25, 0.3) is 5.56 Å². The number of aromatic nitrogens is 2. The van der Waals surface area contributed by atoms with Crippen LogP contribution in [0.5, 0.6) is 0 Å². The summed E-state index contributed by atoms with van der Waals surface area (Å²) in [4.78, 5) is 34.5. The van der Waals surface area contributed by atoms with E-state index in [9.17, 15) is 9.59 Å². The maximum atomic E-state index is 13.6. The van der Waals surface area contributed by atoms with Crippen molar-refractivity contribution in [3.63, 3.8) is 0 Å². The number of carbonyl (C=O) groups is 1. The van der Waals surface area contributed by atoms with Crippen LogP contribution in [-0.4, -0.2) is 39.2 Å². The number of nitrogens with zero attached hydrogens (tertiary/aromatic N) is 3. The molecule has 5 nitrogen and oxygen atoms in total. The lowest BCUT2D eigenvalue weighted by Gasteiger charge is -2.18. The molecule has 0 aliphatic rings. The second kappa shape index (κ2) is 9.16. The first-order valence-electron chi connectivity index (χ1n) is 9.68. The van der Waals surface area contributed by atoms with Gasteiger partial charge in [0.15, 0.2) is 5.16 Å². The van der Waals surface area contributed by atoms with Gasteiger partial charge in [-0.25, -0.2) is 4.98 Å². The summed E-state index contributed by atoms with van der Waals surface area (Å²) in [5.41, 5.74) is 1.56. The molecule has 0 radical (unpaired) electrons. The fourth-order valence-electron chi connectivity index (χ4n) is 3.28. The molecule has 0 fully saturated rings. The van der Waals surface area contributed by atoms with Gasteiger partial charge in [-0.15, -0.1) is 22.7 Å². The number of amides is 1. The summed E-state index contributed by atoms with van der Waals surface area (Å²) in [7, 11) is 0. The minimum atomic E-state index is -0.103. The van der Waals surface area contributed by atoms with Crippen LogP contribution in [0.1, 0.15) is 13.8 Å². The van der Waals surface area contributed by atoms with Crippen LogP contribution in [0.2, 0.25) is 0 Å². The molecular weight excluding hydrogens is 434 g/mol. The summed E-state index contributed by atoms with van der Waals surface area (Å²) in [6.07, 6.45) is 0. The first-order valence-corrected chi connectivity index (χ1v) is 12.4. The Balaban J connectivity index is 1.83. The van der Waals surface area contributed by atoms with Crippen LogP contribution in [-0.2, 0) is 4.79 Å². The van der Waals surface area contributed by atoms with Gasteiger partial charge in [0.1, 0.15) is 4.83 Å². The summed E-state index contributed by atoms with van der Waals surface area (Å²) in [5.74, 6) is 0.291. The second-order valence-electron chi connectivity index (χ2n) is 6.53. The Morgan fingerprint density at radius 3 is 2.53 bits per heavy atom. The van der Waals surface area contributed by atoms with Gasteiger partial charge in [-0.3, -0.25) is 14.2 Å². The molecular formula is C22H21N3O2S3. The number of benzene rings is 1. The van der Waals surface area contributed by atoms with E-state index < -0.39 is 0 Å². The highest BCUT2D eigenvalue weighted by molar-refractivity contribution is 7.99. The zero-order valence-corrected chi connectivity index (χ0v) is 19.1. The zero-order chi connectivity index (χ0) is 21.1. The van der Waals surface area contributed by atoms with Gasteiger partial charge in [0.2, 0.25) is 5.91 Å². The first kappa shape index (κ1) is 20.8. The maximum Gasteiger partial charge on any atom is 0.268 e. The van der Waals surface area contributed by atoms with E-state index in [-0.39, 0.29) is 17.2 Å². The molecule has 0 aliphatic carbocycles. The topological polar surface area (TPSA) is 55.2 Å². The number of thiophene rings is 2. The molecule has 30 heavy (non-hydrogen) atoms. The zero-order valence-electron chi connectivity index (χ0n) is 16.7. The van der Waals surface area contributed by atoms with Crippen molar-refractivity contribution in [2.45, 2.75) is 19.0 Å². The second-order valence-corrected chi connectivity index (χ2v) is 9.28. The van der Waals surface area contributed by atoms with Crippen LogP contribution in [0.15, 0.2) is 63.2 Å². The Labute approximate surface area is 187 Å². The summed E-state index contributed by atoms with van der Waals surface area (Å²) in [5, 5.41) is 5.17. The number of fused-ring (bicyclic) bond motifs is 1. The van der Waals surface area contributed by atoms with E-state index in [0.29, 0.717) is 28.5 Å². The lowest BCUT2D eigenvalue weighted by molar-refractivity contribution is -0.127. The van der Waals surface area contributed by atoms with E-state index in [1.807, 2.05) is 67.1 Å². The Bertz CT molecular complexity index is 1210. The standard InChI is InChI=1S/C22H21N3O2S3/c1-3-24(4-2)18(26)14-30-22-23-20-19(16(13-29-20)17-11-8-12-28-17)21(27)25(22)15-9-6-5-7-10-15/h5-13H,3-4,14H2,1-2H3. The molecule has 8 heteroatoms. The minimum absolute atomic E-state index is 0.0458. The van der Waals surface area contributed by atoms with Gasteiger partial charge in [0.05, 0.1) is 16.8 Å². The summed E-state index contributed by atoms with van der Waals surface area (Å²) >= 11 is 4.39. The number of rotatable bonds is 7. The van der Waals surface area contributed by atoms with Crippen LogP contribution in [0, 0.1) is 0 Å². The van der Waals surface area contributed by atoms with Crippen molar-refractivity contribution < 1.29 is 4.79 Å². The van der Waals surface area contributed by atoms with Crippen molar-refractivity contribution in [3.05, 3.63) is 63.6 Å². The van der Waals surface area contributed by atoms with Crippen molar-refractivity contribution in [1.29, 1.82) is 0 Å². The molecule has 4 aromatic rings. The minimum Gasteiger partial charge on any atom is -0.343 e. The molecule has 154 valence electrons. The summed E-state index contributed by atoms with van der Waals surface area (Å²) < 4.78 is 1.63. The number of para-hydroxylation sites is 1. The van der Waals surface area contributed by atoms with Gasteiger partial charge in [-0.05, 0) is 37.4 Å². The van der Waals surface area contributed by atoms with Gasteiger partial charge >= 0.3 is 0 Å². The molecule has 4 rings (SSSR count). The molecule has 0 saturated carbocycles. The van der Waals surface area contributed by atoms with Crippen molar-refractivity contribution in [1.82, 2.24) is 14.5 Å². The third-order valence-electron chi connectivity index (χ3n) is 4.82. The molecule has 0 bridgehead atoms. The predicted molar refractivity (Wildman–Crippen MR) is 127 cm³/mol. The monoisotopic (exact) mass is 455 g/mol. The summed E-state index contributed by atoms with van der Waals surface area (Å²) in [6, 6.07) is 13.5. The lowest BCUT2D eigenvalue weighted by Crippen LogP contribution is -2.32. The molecule has 3 aromatic heterocycles. The molecule has 0 atom stereocenters. The highest BCUT2D eigenvalue weighted by Gasteiger charge is 2.20. The van der Waals surface area contributed by atoms with Crippen molar-refractivity contribution >= 4 is 50.6 Å². The van der Waals surface area contributed by atoms with Crippen molar-refractivity contribution in [3.8, 4) is 16.1 Å². The van der Waals surface area contributed by atoms with Crippen molar-refractivity contribution in [2.75, 3.05) is 18.8 Å². The average molecular weight is 456 g/mol. The molecule has 1 aromatic carbocycles. The van der Waals surface area contributed by atoms with Crippen molar-refractivity contribution in [2.24, 2.45) is 0 Å². The van der Waals surface area contributed by atoms with E-state index in [1.54, 1.807) is 20.8 Å².